The standard InChI is InChI=1S/C18H18N2O3/c1-22-14-7-3-12(4-8-14)16-11-17(20-18(21)19-16)13-5-9-15(23-2)10-6-13/h3-11,16H,1-2H3,(H2,19,20,21). The molecule has 1 atom stereocenters. The van der Waals surface area contributed by atoms with E-state index in [1.165, 1.54) is 0 Å². The van der Waals surface area contributed by atoms with Gasteiger partial charge in [-0.05, 0) is 53.6 Å². The average Bonchev–Trinajstić information content (AvgIpc) is 2.61. The first kappa shape index (κ1) is 15.0. The number of nitrogens with one attached hydrogen (secondary N) is 2. The monoisotopic (exact) mass is 310 g/mol. The van der Waals surface area contributed by atoms with E-state index in [1.54, 1.807) is 14.2 Å². The zero-order valence-electron chi connectivity index (χ0n) is 13.0. The van der Waals surface area contributed by atoms with Crippen LogP contribution in [0.4, 0.5) is 4.79 Å². The predicted molar refractivity (Wildman–Crippen MR) is 88.4 cm³/mol. The maximum Gasteiger partial charge on any atom is 0.319 e. The Morgan fingerprint density at radius 2 is 1.43 bits per heavy atom. The van der Waals surface area contributed by atoms with Crippen LogP contribution < -0.4 is 20.1 Å². The summed E-state index contributed by atoms with van der Waals surface area (Å²) in [6.07, 6.45) is 1.99. The lowest BCUT2D eigenvalue weighted by atomic mass is 10.0. The molecule has 0 saturated carbocycles. The lowest BCUT2D eigenvalue weighted by Gasteiger charge is -2.24. The van der Waals surface area contributed by atoms with E-state index in [2.05, 4.69) is 10.6 Å². The number of amides is 2. The van der Waals surface area contributed by atoms with Crippen LogP contribution in [0.25, 0.3) is 5.70 Å². The summed E-state index contributed by atoms with van der Waals surface area (Å²) >= 11 is 0. The average molecular weight is 310 g/mol. The fourth-order valence-corrected chi connectivity index (χ4v) is 2.48. The normalized spacial score (nSPS) is 16.9. The lowest BCUT2D eigenvalue weighted by molar-refractivity contribution is 0.241. The molecule has 23 heavy (non-hydrogen) atoms. The molecular formula is C18H18N2O3. The maximum absolute atomic E-state index is 12.0. The molecule has 2 N–H and O–H groups in total. The first-order valence-corrected chi connectivity index (χ1v) is 7.27. The van der Waals surface area contributed by atoms with E-state index in [1.807, 2.05) is 54.6 Å². The molecule has 2 aromatic carbocycles. The van der Waals surface area contributed by atoms with Gasteiger partial charge < -0.3 is 20.1 Å². The van der Waals surface area contributed by atoms with Gasteiger partial charge in [0.15, 0.2) is 0 Å². The topological polar surface area (TPSA) is 59.6 Å². The van der Waals surface area contributed by atoms with Crippen molar-refractivity contribution in [3.63, 3.8) is 0 Å². The Morgan fingerprint density at radius 1 is 0.870 bits per heavy atom. The number of hydrogen-bond acceptors (Lipinski definition) is 3. The minimum Gasteiger partial charge on any atom is -0.497 e. The first-order valence-electron chi connectivity index (χ1n) is 7.27. The van der Waals surface area contributed by atoms with Crippen molar-refractivity contribution in [2.75, 3.05) is 14.2 Å². The molecule has 1 aliphatic rings. The van der Waals surface area contributed by atoms with E-state index in [9.17, 15) is 4.79 Å². The Kier molecular flexibility index (Phi) is 4.19. The number of carbonyl (C=O) groups is 1. The molecule has 1 unspecified atom stereocenters. The van der Waals surface area contributed by atoms with Gasteiger partial charge in [-0.1, -0.05) is 12.1 Å². The van der Waals surface area contributed by atoms with Crippen molar-refractivity contribution in [3.05, 3.63) is 65.7 Å². The van der Waals surface area contributed by atoms with Crippen LogP contribution in [0, 0.1) is 0 Å². The summed E-state index contributed by atoms with van der Waals surface area (Å²) in [4.78, 5) is 12.0. The molecule has 1 aliphatic heterocycles. The van der Waals surface area contributed by atoms with Gasteiger partial charge in [-0.2, -0.15) is 0 Å². The fourth-order valence-electron chi connectivity index (χ4n) is 2.48. The highest BCUT2D eigenvalue weighted by Gasteiger charge is 2.20. The third-order valence-corrected chi connectivity index (χ3v) is 3.74. The van der Waals surface area contributed by atoms with Gasteiger partial charge >= 0.3 is 6.03 Å². The molecule has 0 aromatic heterocycles. The predicted octanol–water partition coefficient (Wildman–Crippen LogP) is 3.10. The van der Waals surface area contributed by atoms with Crippen molar-refractivity contribution >= 4 is 11.7 Å². The van der Waals surface area contributed by atoms with E-state index < -0.39 is 0 Å². The maximum atomic E-state index is 12.0. The third kappa shape index (κ3) is 3.29. The third-order valence-electron chi connectivity index (χ3n) is 3.74. The molecule has 118 valence electrons. The van der Waals surface area contributed by atoms with Crippen molar-refractivity contribution < 1.29 is 14.3 Å². The quantitative estimate of drug-likeness (QED) is 0.912. The number of ether oxygens (including phenoxy) is 2. The summed E-state index contributed by atoms with van der Waals surface area (Å²) < 4.78 is 10.3. The van der Waals surface area contributed by atoms with Crippen LogP contribution in [0.15, 0.2) is 54.6 Å². The smallest absolute Gasteiger partial charge is 0.319 e. The Labute approximate surface area is 134 Å². The summed E-state index contributed by atoms with van der Waals surface area (Å²) in [7, 11) is 3.25. The number of urea groups is 1. The minimum absolute atomic E-state index is 0.188. The van der Waals surface area contributed by atoms with Crippen molar-refractivity contribution in [2.45, 2.75) is 6.04 Å². The second-order valence-electron chi connectivity index (χ2n) is 5.16. The molecule has 2 amide bonds. The summed E-state index contributed by atoms with van der Waals surface area (Å²) in [5.41, 5.74) is 2.70. The van der Waals surface area contributed by atoms with E-state index in [4.69, 9.17) is 9.47 Å². The van der Waals surface area contributed by atoms with Crippen molar-refractivity contribution in [3.8, 4) is 11.5 Å². The van der Waals surface area contributed by atoms with Crippen molar-refractivity contribution in [1.29, 1.82) is 0 Å². The molecule has 0 spiro atoms. The van der Waals surface area contributed by atoms with E-state index in [0.29, 0.717) is 0 Å². The first-order chi connectivity index (χ1) is 11.2. The van der Waals surface area contributed by atoms with E-state index >= 15 is 0 Å². The molecule has 2 aromatic rings. The van der Waals surface area contributed by atoms with E-state index in [-0.39, 0.29) is 12.1 Å². The molecule has 0 bridgehead atoms. The Hall–Kier alpha value is -2.95. The number of carbonyl (C=O) groups excluding carboxylic acids is 1. The highest BCUT2D eigenvalue weighted by atomic mass is 16.5. The van der Waals surface area contributed by atoms with Crippen LogP contribution in [-0.4, -0.2) is 20.3 Å². The van der Waals surface area contributed by atoms with Gasteiger partial charge in [0, 0.05) is 5.70 Å². The second-order valence-corrected chi connectivity index (χ2v) is 5.16. The molecule has 0 fully saturated rings. The second kappa shape index (κ2) is 6.44. The van der Waals surface area contributed by atoms with E-state index in [0.717, 1.165) is 28.3 Å². The molecule has 0 saturated heterocycles. The van der Waals surface area contributed by atoms with Crippen LogP contribution in [0.2, 0.25) is 0 Å². The van der Waals surface area contributed by atoms with Crippen LogP contribution in [0.3, 0.4) is 0 Å². The molecule has 5 heteroatoms. The van der Waals surface area contributed by atoms with Gasteiger partial charge in [-0.15, -0.1) is 0 Å². The summed E-state index contributed by atoms with van der Waals surface area (Å²) in [6, 6.07) is 14.8. The SMILES string of the molecule is COc1ccc(C2=CC(c3ccc(OC)cc3)NC(=O)N2)cc1. The molecule has 5 nitrogen and oxygen atoms in total. The van der Waals surface area contributed by atoms with Crippen LogP contribution >= 0.6 is 0 Å². The summed E-state index contributed by atoms with van der Waals surface area (Å²) in [5, 5.41) is 5.74. The largest absolute Gasteiger partial charge is 0.497 e. The molecule has 0 radical (unpaired) electrons. The van der Waals surface area contributed by atoms with Gasteiger partial charge in [0.25, 0.3) is 0 Å². The van der Waals surface area contributed by atoms with Crippen molar-refractivity contribution in [2.24, 2.45) is 0 Å². The van der Waals surface area contributed by atoms with Gasteiger partial charge in [0.1, 0.15) is 11.5 Å². The Bertz CT molecular complexity index is 721. The van der Waals surface area contributed by atoms with Crippen LogP contribution in [0.5, 0.6) is 11.5 Å². The number of rotatable bonds is 4. The summed E-state index contributed by atoms with van der Waals surface area (Å²) in [6.45, 7) is 0. The van der Waals surface area contributed by atoms with Gasteiger partial charge in [0.2, 0.25) is 0 Å². The lowest BCUT2D eigenvalue weighted by Crippen LogP contribution is -2.40. The molecule has 1 heterocycles. The van der Waals surface area contributed by atoms with Gasteiger partial charge in [-0.25, -0.2) is 4.79 Å². The summed E-state index contributed by atoms with van der Waals surface area (Å²) in [5.74, 6) is 1.56. The zero-order chi connectivity index (χ0) is 16.2. The van der Waals surface area contributed by atoms with Crippen molar-refractivity contribution in [1.82, 2.24) is 10.6 Å². The van der Waals surface area contributed by atoms with Crippen LogP contribution in [0.1, 0.15) is 17.2 Å². The van der Waals surface area contributed by atoms with Crippen LogP contribution in [-0.2, 0) is 0 Å². The number of methoxy groups -OCH3 is 2. The molecule has 0 aliphatic carbocycles. The zero-order valence-corrected chi connectivity index (χ0v) is 13.0. The Morgan fingerprint density at radius 3 is 2.00 bits per heavy atom. The molecule has 3 rings (SSSR count). The number of benzene rings is 2. The molecular weight excluding hydrogens is 292 g/mol. The number of hydrogen-bond donors (Lipinski definition) is 2. The highest BCUT2D eigenvalue weighted by Crippen LogP contribution is 2.25. The fraction of sp³-hybridized carbons (Fsp3) is 0.167. The van der Waals surface area contributed by atoms with Gasteiger partial charge in [0.05, 0.1) is 20.3 Å². The highest BCUT2D eigenvalue weighted by molar-refractivity contribution is 5.88. The minimum atomic E-state index is -0.223. The van der Waals surface area contributed by atoms with Gasteiger partial charge in [-0.3, -0.25) is 0 Å². The Balaban J connectivity index is 1.89.